The first-order chi connectivity index (χ1) is 17.5. The Labute approximate surface area is 211 Å². The van der Waals surface area contributed by atoms with Crippen LogP contribution in [0.3, 0.4) is 0 Å². The molecule has 4 rings (SSSR count). The molecule has 196 valence electrons. The van der Waals surface area contributed by atoms with Crippen molar-refractivity contribution in [2.45, 2.75) is 39.4 Å². The monoisotopic (exact) mass is 518 g/mol. The van der Waals surface area contributed by atoms with E-state index in [9.17, 15) is 22.4 Å². The van der Waals surface area contributed by atoms with Gasteiger partial charge in [-0.05, 0) is 49.6 Å². The second-order valence-corrected chi connectivity index (χ2v) is 8.93. The molecule has 1 aliphatic rings. The number of methoxy groups -OCH3 is 1. The summed E-state index contributed by atoms with van der Waals surface area (Å²) in [7, 11) is 0.987. The molecular weight excluding hydrogens is 492 g/mol. The van der Waals surface area contributed by atoms with Gasteiger partial charge in [0.25, 0.3) is 0 Å². The molecule has 8 nitrogen and oxygen atoms in total. The second kappa shape index (κ2) is 10.3. The van der Waals surface area contributed by atoms with Gasteiger partial charge in [-0.2, -0.15) is 18.3 Å². The van der Waals surface area contributed by atoms with Crippen LogP contribution in [0.4, 0.5) is 29.2 Å². The standard InChI is InChI=1S/C25H26F4N6O2/c1-14-13-34(23-16(3)15(2)19(32-33-23)11-17-5-7-18(26)8-6-17)9-10-35(14)20-12-30-21(24(36)37-4)22(31-20)25(27,28)29/h5-8,12,14H,9-11,13H2,1-4H3/t14-/m1/s1. The minimum absolute atomic E-state index is 0.0285. The van der Waals surface area contributed by atoms with Gasteiger partial charge in [0.15, 0.2) is 17.2 Å². The van der Waals surface area contributed by atoms with Crippen molar-refractivity contribution in [3.05, 3.63) is 70.1 Å². The third-order valence-electron chi connectivity index (χ3n) is 6.51. The third kappa shape index (κ3) is 5.47. The Hall–Kier alpha value is -3.83. The maximum atomic E-state index is 13.6. The molecule has 12 heteroatoms. The number of ether oxygens (including phenoxy) is 1. The topological polar surface area (TPSA) is 84.3 Å². The lowest BCUT2D eigenvalue weighted by Gasteiger charge is -2.41. The van der Waals surface area contributed by atoms with Gasteiger partial charge in [-0.25, -0.2) is 19.2 Å². The average molecular weight is 519 g/mol. The van der Waals surface area contributed by atoms with Crippen molar-refractivity contribution >= 4 is 17.6 Å². The first-order valence-electron chi connectivity index (χ1n) is 11.6. The smallest absolute Gasteiger partial charge is 0.435 e. The Balaban J connectivity index is 1.53. The van der Waals surface area contributed by atoms with Crippen LogP contribution in [-0.4, -0.2) is 58.9 Å². The Morgan fingerprint density at radius 1 is 1.11 bits per heavy atom. The number of halogens is 4. The first-order valence-corrected chi connectivity index (χ1v) is 11.6. The summed E-state index contributed by atoms with van der Waals surface area (Å²) in [6.07, 6.45) is -3.18. The minimum atomic E-state index is -4.86. The highest BCUT2D eigenvalue weighted by Crippen LogP contribution is 2.32. The molecule has 0 amide bonds. The molecule has 0 unspecified atom stereocenters. The molecule has 1 atom stereocenters. The second-order valence-electron chi connectivity index (χ2n) is 8.93. The number of esters is 1. The van der Waals surface area contributed by atoms with Crippen molar-refractivity contribution in [2.75, 3.05) is 36.5 Å². The number of hydrogen-bond donors (Lipinski definition) is 0. The number of aromatic nitrogens is 4. The Morgan fingerprint density at radius 2 is 1.81 bits per heavy atom. The summed E-state index contributed by atoms with van der Waals surface area (Å²) in [5.74, 6) is -0.765. The van der Waals surface area contributed by atoms with Crippen molar-refractivity contribution in [1.82, 2.24) is 20.2 Å². The molecule has 0 aliphatic carbocycles. The number of carbonyl (C=O) groups excluding carboxylic acids is 1. The van der Waals surface area contributed by atoms with Crippen LogP contribution in [-0.2, 0) is 17.3 Å². The van der Waals surface area contributed by atoms with E-state index in [2.05, 4.69) is 24.9 Å². The van der Waals surface area contributed by atoms with Gasteiger partial charge in [0.05, 0.1) is 19.0 Å². The van der Waals surface area contributed by atoms with Crippen LogP contribution < -0.4 is 9.80 Å². The molecule has 0 radical (unpaired) electrons. The van der Waals surface area contributed by atoms with Crippen molar-refractivity contribution < 1.29 is 27.1 Å². The lowest BCUT2D eigenvalue weighted by Crippen LogP contribution is -2.53. The Morgan fingerprint density at radius 3 is 2.43 bits per heavy atom. The Bertz CT molecular complexity index is 1300. The summed E-state index contributed by atoms with van der Waals surface area (Å²) in [5, 5.41) is 8.87. The zero-order valence-electron chi connectivity index (χ0n) is 20.8. The third-order valence-corrected chi connectivity index (χ3v) is 6.51. The van der Waals surface area contributed by atoms with Gasteiger partial charge < -0.3 is 14.5 Å². The van der Waals surface area contributed by atoms with Gasteiger partial charge >= 0.3 is 12.1 Å². The van der Waals surface area contributed by atoms with E-state index in [1.54, 1.807) is 17.0 Å². The molecule has 0 N–H and O–H groups in total. The zero-order chi connectivity index (χ0) is 26.9. The lowest BCUT2D eigenvalue weighted by molar-refractivity contribution is -0.142. The van der Waals surface area contributed by atoms with E-state index in [0.717, 1.165) is 35.7 Å². The maximum Gasteiger partial charge on any atom is 0.435 e. The van der Waals surface area contributed by atoms with E-state index in [-0.39, 0.29) is 17.7 Å². The molecule has 1 aliphatic heterocycles. The summed E-state index contributed by atoms with van der Waals surface area (Å²) in [6.45, 7) is 7.09. The van der Waals surface area contributed by atoms with Gasteiger partial charge in [-0.15, -0.1) is 5.10 Å². The molecular formula is C25H26F4N6O2. The number of anilines is 2. The van der Waals surface area contributed by atoms with Crippen LogP contribution in [0.1, 0.15) is 45.5 Å². The normalized spacial score (nSPS) is 16.2. The fourth-order valence-corrected chi connectivity index (χ4v) is 4.36. The summed E-state index contributed by atoms with van der Waals surface area (Å²) in [5.41, 5.74) is 1.40. The summed E-state index contributed by atoms with van der Waals surface area (Å²) >= 11 is 0. The van der Waals surface area contributed by atoms with Crippen LogP contribution >= 0.6 is 0 Å². The summed E-state index contributed by atoms with van der Waals surface area (Å²) in [4.78, 5) is 23.0. The number of piperazine rings is 1. The molecule has 3 aromatic rings. The van der Waals surface area contributed by atoms with Crippen molar-refractivity contribution in [3.63, 3.8) is 0 Å². The quantitative estimate of drug-likeness (QED) is 0.368. The largest absolute Gasteiger partial charge is 0.464 e. The molecule has 37 heavy (non-hydrogen) atoms. The SMILES string of the molecule is COC(=O)c1ncc(N2CCN(c3nnc(Cc4ccc(F)cc4)c(C)c3C)C[C@H]2C)nc1C(F)(F)F. The molecule has 0 bridgehead atoms. The number of carbonyl (C=O) groups is 1. The van der Waals surface area contributed by atoms with Gasteiger partial charge in [0, 0.05) is 32.1 Å². The first kappa shape index (κ1) is 26.2. The summed E-state index contributed by atoms with van der Waals surface area (Å²) < 4.78 is 58.4. The van der Waals surface area contributed by atoms with Gasteiger partial charge in [0.1, 0.15) is 11.6 Å². The molecule has 0 spiro atoms. The molecule has 1 fully saturated rings. The van der Waals surface area contributed by atoms with E-state index in [0.29, 0.717) is 31.9 Å². The van der Waals surface area contributed by atoms with Crippen LogP contribution in [0.25, 0.3) is 0 Å². The fourth-order valence-electron chi connectivity index (χ4n) is 4.36. The molecule has 3 heterocycles. The fraction of sp³-hybridized carbons (Fsp3) is 0.400. The maximum absolute atomic E-state index is 13.6. The van der Waals surface area contributed by atoms with Crippen LogP contribution in [0.2, 0.25) is 0 Å². The number of rotatable bonds is 5. The van der Waals surface area contributed by atoms with E-state index < -0.39 is 23.5 Å². The van der Waals surface area contributed by atoms with E-state index >= 15 is 0 Å². The molecule has 0 saturated carbocycles. The van der Waals surface area contributed by atoms with Crippen molar-refractivity contribution in [1.29, 1.82) is 0 Å². The zero-order valence-corrected chi connectivity index (χ0v) is 20.8. The van der Waals surface area contributed by atoms with Crippen molar-refractivity contribution in [3.8, 4) is 0 Å². The number of benzene rings is 1. The van der Waals surface area contributed by atoms with Crippen molar-refractivity contribution in [2.24, 2.45) is 0 Å². The van der Waals surface area contributed by atoms with Crippen LogP contribution in [0.15, 0.2) is 30.5 Å². The Kier molecular flexibility index (Phi) is 7.28. The van der Waals surface area contributed by atoms with E-state index in [1.165, 1.54) is 12.1 Å². The highest BCUT2D eigenvalue weighted by molar-refractivity contribution is 5.88. The van der Waals surface area contributed by atoms with Gasteiger partial charge in [0.2, 0.25) is 0 Å². The number of nitrogens with zero attached hydrogens (tertiary/aromatic N) is 6. The number of hydrogen-bond acceptors (Lipinski definition) is 8. The minimum Gasteiger partial charge on any atom is -0.464 e. The van der Waals surface area contributed by atoms with Crippen LogP contribution in [0.5, 0.6) is 0 Å². The molecule has 2 aromatic heterocycles. The predicted molar refractivity (Wildman–Crippen MR) is 128 cm³/mol. The highest BCUT2D eigenvalue weighted by atomic mass is 19.4. The van der Waals surface area contributed by atoms with E-state index in [4.69, 9.17) is 0 Å². The molecule has 1 aromatic carbocycles. The number of alkyl halides is 3. The summed E-state index contributed by atoms with van der Waals surface area (Å²) in [6, 6.07) is 6.02. The highest BCUT2D eigenvalue weighted by Gasteiger charge is 2.40. The lowest BCUT2D eigenvalue weighted by atomic mass is 10.0. The average Bonchev–Trinajstić information content (AvgIpc) is 2.87. The van der Waals surface area contributed by atoms with Gasteiger partial charge in [-0.3, -0.25) is 0 Å². The predicted octanol–water partition coefficient (Wildman–Crippen LogP) is 4.13. The van der Waals surface area contributed by atoms with E-state index in [1.807, 2.05) is 25.7 Å². The van der Waals surface area contributed by atoms with Gasteiger partial charge in [-0.1, -0.05) is 12.1 Å². The molecule has 1 saturated heterocycles. The van der Waals surface area contributed by atoms with Crippen LogP contribution in [0, 0.1) is 19.7 Å².